The van der Waals surface area contributed by atoms with Gasteiger partial charge in [0, 0.05) is 17.6 Å². The predicted octanol–water partition coefficient (Wildman–Crippen LogP) is 2.69. The van der Waals surface area contributed by atoms with Crippen LogP contribution >= 0.6 is 15.9 Å². The Hall–Kier alpha value is -1.22. The van der Waals surface area contributed by atoms with Crippen molar-refractivity contribution in [1.82, 2.24) is 4.31 Å². The highest BCUT2D eigenvalue weighted by Gasteiger charge is 2.39. The molecule has 24 heavy (non-hydrogen) atoms. The fourth-order valence-electron chi connectivity index (χ4n) is 2.76. The lowest BCUT2D eigenvalue weighted by Gasteiger charge is -2.17. The number of hydrogen-bond donors (Lipinski definition) is 0. The molecule has 0 spiro atoms. The number of benzene rings is 2. The minimum atomic E-state index is -3.72. The van der Waals surface area contributed by atoms with E-state index >= 15 is 0 Å². The van der Waals surface area contributed by atoms with Crippen LogP contribution in [0.2, 0.25) is 0 Å². The first-order chi connectivity index (χ1) is 11.3. The maximum atomic E-state index is 12.8. The van der Waals surface area contributed by atoms with Crippen LogP contribution < -0.4 is 0 Å². The molecule has 1 unspecified atom stereocenters. The van der Waals surface area contributed by atoms with Gasteiger partial charge in [-0.1, -0.05) is 30.3 Å². The van der Waals surface area contributed by atoms with E-state index < -0.39 is 25.1 Å². The molecule has 2 aromatic carbocycles. The monoisotopic (exact) mass is 429 g/mol. The summed E-state index contributed by atoms with van der Waals surface area (Å²) in [5.41, 5.74) is 0. The second kappa shape index (κ2) is 6.59. The summed E-state index contributed by atoms with van der Waals surface area (Å²) in [5.74, 6) is 0. The largest absolute Gasteiger partial charge is 0.244 e. The highest BCUT2D eigenvalue weighted by Crippen LogP contribution is 2.30. The second-order valence-electron chi connectivity index (χ2n) is 5.56. The highest BCUT2D eigenvalue weighted by molar-refractivity contribution is 9.10. The molecule has 0 N–H and O–H groups in total. The molecule has 0 saturated carbocycles. The second-order valence-corrected chi connectivity index (χ2v) is 10.6. The van der Waals surface area contributed by atoms with Gasteiger partial charge in [0.2, 0.25) is 10.0 Å². The molecule has 128 valence electrons. The summed E-state index contributed by atoms with van der Waals surface area (Å²) in [6.07, 6.45) is 0.293. The number of hydrogen-bond acceptors (Lipinski definition) is 4. The zero-order valence-corrected chi connectivity index (χ0v) is 15.9. The van der Waals surface area contributed by atoms with Crippen LogP contribution in [0.5, 0.6) is 0 Å². The third-order valence-corrected chi connectivity index (χ3v) is 9.14. The van der Waals surface area contributed by atoms with Crippen molar-refractivity contribution in [2.45, 2.75) is 21.5 Å². The van der Waals surface area contributed by atoms with Crippen LogP contribution in [0.15, 0.2) is 68.9 Å². The fourth-order valence-corrected chi connectivity index (χ4v) is 7.04. The average Bonchev–Trinajstić information content (AvgIpc) is 3.07. The van der Waals surface area contributed by atoms with Gasteiger partial charge in [-0.2, -0.15) is 4.31 Å². The van der Waals surface area contributed by atoms with Gasteiger partial charge in [-0.15, -0.1) is 0 Å². The first-order valence-corrected chi connectivity index (χ1v) is 11.1. The standard InChI is InChI=1S/C16H16BrNO4S2/c17-15-8-4-5-9-16(15)24(21,22)18-11-10-14(12-18)23(19,20)13-6-2-1-3-7-13/h1-9,14H,10-12H2. The van der Waals surface area contributed by atoms with Crippen LogP contribution in [0.1, 0.15) is 6.42 Å². The maximum Gasteiger partial charge on any atom is 0.244 e. The molecule has 2 aromatic rings. The summed E-state index contributed by atoms with van der Waals surface area (Å²) in [6, 6.07) is 14.7. The molecule has 1 atom stereocenters. The van der Waals surface area contributed by atoms with Crippen LogP contribution in [0.4, 0.5) is 0 Å². The Bertz CT molecular complexity index is 943. The van der Waals surface area contributed by atoms with Crippen molar-refractivity contribution in [2.75, 3.05) is 13.1 Å². The molecule has 0 amide bonds. The SMILES string of the molecule is O=S(=O)(c1ccccc1)C1CCN(S(=O)(=O)c2ccccc2Br)C1. The lowest BCUT2D eigenvalue weighted by atomic mass is 10.4. The Labute approximate surface area is 150 Å². The summed E-state index contributed by atoms with van der Waals surface area (Å²) >= 11 is 3.25. The molecule has 0 aliphatic carbocycles. The third kappa shape index (κ3) is 3.15. The first kappa shape index (κ1) is 17.6. The lowest BCUT2D eigenvalue weighted by molar-refractivity contribution is 0.476. The average molecular weight is 430 g/mol. The van der Waals surface area contributed by atoms with Crippen LogP contribution in [-0.4, -0.2) is 39.5 Å². The minimum Gasteiger partial charge on any atom is -0.223 e. The van der Waals surface area contributed by atoms with Gasteiger partial charge in [0.05, 0.1) is 15.0 Å². The fraction of sp³-hybridized carbons (Fsp3) is 0.250. The molecule has 8 heteroatoms. The molecule has 0 aromatic heterocycles. The molecule has 0 radical (unpaired) electrons. The Morgan fingerprint density at radius 3 is 2.21 bits per heavy atom. The lowest BCUT2D eigenvalue weighted by Crippen LogP contribution is -2.32. The summed E-state index contributed by atoms with van der Waals surface area (Å²) < 4.78 is 52.6. The van der Waals surface area contributed by atoms with Gasteiger partial charge in [0.15, 0.2) is 9.84 Å². The molecular weight excluding hydrogens is 414 g/mol. The number of sulfone groups is 1. The van der Waals surface area contributed by atoms with Crippen molar-refractivity contribution in [1.29, 1.82) is 0 Å². The first-order valence-electron chi connectivity index (χ1n) is 7.37. The molecule has 1 aliphatic heterocycles. The molecule has 1 aliphatic rings. The molecular formula is C16H16BrNO4S2. The van der Waals surface area contributed by atoms with Gasteiger partial charge in [0.1, 0.15) is 0 Å². The van der Waals surface area contributed by atoms with E-state index in [4.69, 9.17) is 0 Å². The van der Waals surface area contributed by atoms with E-state index in [1.54, 1.807) is 48.5 Å². The van der Waals surface area contributed by atoms with Gasteiger partial charge in [-0.05, 0) is 46.6 Å². The van der Waals surface area contributed by atoms with Crippen molar-refractivity contribution in [3.05, 3.63) is 59.1 Å². The van der Waals surface area contributed by atoms with E-state index in [-0.39, 0.29) is 22.9 Å². The predicted molar refractivity (Wildman–Crippen MR) is 94.9 cm³/mol. The highest BCUT2D eigenvalue weighted by atomic mass is 79.9. The smallest absolute Gasteiger partial charge is 0.223 e. The quantitative estimate of drug-likeness (QED) is 0.748. The van der Waals surface area contributed by atoms with Crippen molar-refractivity contribution < 1.29 is 16.8 Å². The zero-order chi connectivity index (χ0) is 17.4. The van der Waals surface area contributed by atoms with Crippen LogP contribution in [-0.2, 0) is 19.9 Å². The number of nitrogens with zero attached hydrogens (tertiary/aromatic N) is 1. The number of rotatable bonds is 4. The Morgan fingerprint density at radius 1 is 0.917 bits per heavy atom. The topological polar surface area (TPSA) is 71.5 Å². The van der Waals surface area contributed by atoms with Crippen molar-refractivity contribution in [3.63, 3.8) is 0 Å². The molecule has 1 heterocycles. The summed E-state index contributed by atoms with van der Waals surface area (Å²) in [7, 11) is -7.26. The minimum absolute atomic E-state index is 0.0269. The molecule has 5 nitrogen and oxygen atoms in total. The Kier molecular flexibility index (Phi) is 4.83. The Balaban J connectivity index is 1.87. The van der Waals surface area contributed by atoms with Gasteiger partial charge < -0.3 is 0 Å². The molecule has 0 bridgehead atoms. The van der Waals surface area contributed by atoms with Crippen molar-refractivity contribution in [3.8, 4) is 0 Å². The molecule has 1 saturated heterocycles. The summed E-state index contributed by atoms with van der Waals surface area (Å²) in [6.45, 7) is 0.168. The van der Waals surface area contributed by atoms with Crippen molar-refractivity contribution >= 4 is 35.8 Å². The zero-order valence-electron chi connectivity index (χ0n) is 12.7. The van der Waals surface area contributed by atoms with E-state index in [1.807, 2.05) is 0 Å². The maximum absolute atomic E-state index is 12.8. The summed E-state index contributed by atoms with van der Waals surface area (Å²) in [5, 5.41) is -0.725. The molecule has 3 rings (SSSR count). The van der Waals surface area contributed by atoms with Gasteiger partial charge in [-0.3, -0.25) is 0 Å². The van der Waals surface area contributed by atoms with Gasteiger partial charge >= 0.3 is 0 Å². The van der Waals surface area contributed by atoms with E-state index in [0.717, 1.165) is 0 Å². The third-order valence-electron chi connectivity index (χ3n) is 4.07. The van der Waals surface area contributed by atoms with E-state index in [1.165, 1.54) is 10.4 Å². The van der Waals surface area contributed by atoms with E-state index in [0.29, 0.717) is 10.9 Å². The number of halogens is 1. The van der Waals surface area contributed by atoms with E-state index in [9.17, 15) is 16.8 Å². The van der Waals surface area contributed by atoms with Crippen LogP contribution in [0.3, 0.4) is 0 Å². The normalized spacial score (nSPS) is 19.5. The van der Waals surface area contributed by atoms with Crippen LogP contribution in [0, 0.1) is 0 Å². The number of sulfonamides is 1. The molecule has 1 fully saturated rings. The van der Waals surface area contributed by atoms with Crippen LogP contribution in [0.25, 0.3) is 0 Å². The Morgan fingerprint density at radius 2 is 1.54 bits per heavy atom. The summed E-state index contributed by atoms with van der Waals surface area (Å²) in [4.78, 5) is 0.387. The van der Waals surface area contributed by atoms with E-state index in [2.05, 4.69) is 15.9 Å². The van der Waals surface area contributed by atoms with Gasteiger partial charge in [0.25, 0.3) is 0 Å². The van der Waals surface area contributed by atoms with Gasteiger partial charge in [-0.25, -0.2) is 16.8 Å². The van der Waals surface area contributed by atoms with Crippen molar-refractivity contribution in [2.24, 2.45) is 0 Å².